The maximum Gasteiger partial charge on any atom is 0.313 e. The standard InChI is InChI=1S/C7H12O3S/c1-7(3-2-4-10-7)11-5-6(8)9/h2-5H2,1H3,(H,8,9). The molecule has 1 rings (SSSR count). The van der Waals surface area contributed by atoms with Gasteiger partial charge in [0.2, 0.25) is 0 Å². The van der Waals surface area contributed by atoms with Gasteiger partial charge in [-0.1, -0.05) is 0 Å². The van der Waals surface area contributed by atoms with Crippen LogP contribution in [0.3, 0.4) is 0 Å². The van der Waals surface area contributed by atoms with Crippen molar-refractivity contribution < 1.29 is 14.6 Å². The van der Waals surface area contributed by atoms with Gasteiger partial charge in [-0.2, -0.15) is 0 Å². The average Bonchev–Trinajstić information content (AvgIpc) is 2.33. The van der Waals surface area contributed by atoms with Crippen LogP contribution in [0.4, 0.5) is 0 Å². The third kappa shape index (κ3) is 2.71. The average molecular weight is 176 g/mol. The Hall–Kier alpha value is -0.220. The predicted molar refractivity (Wildman–Crippen MR) is 43.7 cm³/mol. The summed E-state index contributed by atoms with van der Waals surface area (Å²) in [5, 5.41) is 8.41. The number of rotatable bonds is 3. The lowest BCUT2D eigenvalue weighted by Crippen LogP contribution is -2.20. The van der Waals surface area contributed by atoms with E-state index in [0.29, 0.717) is 0 Å². The van der Waals surface area contributed by atoms with Gasteiger partial charge >= 0.3 is 5.97 Å². The van der Waals surface area contributed by atoms with Crippen LogP contribution in [0.1, 0.15) is 19.8 Å². The van der Waals surface area contributed by atoms with Crippen molar-refractivity contribution in [3.63, 3.8) is 0 Å². The van der Waals surface area contributed by atoms with Crippen LogP contribution in [0, 0.1) is 0 Å². The summed E-state index contributed by atoms with van der Waals surface area (Å²) in [7, 11) is 0. The highest BCUT2D eigenvalue weighted by molar-refractivity contribution is 8.01. The molecule has 0 aromatic rings. The summed E-state index contributed by atoms with van der Waals surface area (Å²) >= 11 is 1.37. The van der Waals surface area contributed by atoms with Gasteiger partial charge in [0.05, 0.1) is 5.75 Å². The molecular weight excluding hydrogens is 164 g/mol. The highest BCUT2D eigenvalue weighted by Crippen LogP contribution is 2.35. The van der Waals surface area contributed by atoms with Gasteiger partial charge in [-0.15, -0.1) is 11.8 Å². The van der Waals surface area contributed by atoms with Crippen molar-refractivity contribution >= 4 is 17.7 Å². The topological polar surface area (TPSA) is 46.5 Å². The second-order valence-electron chi connectivity index (χ2n) is 2.77. The Labute approximate surface area is 70.1 Å². The largest absolute Gasteiger partial charge is 0.481 e. The minimum Gasteiger partial charge on any atom is -0.481 e. The number of ether oxygens (including phenoxy) is 1. The Balaban J connectivity index is 2.28. The molecule has 64 valence electrons. The first-order valence-electron chi connectivity index (χ1n) is 3.62. The van der Waals surface area contributed by atoms with Gasteiger partial charge in [-0.25, -0.2) is 0 Å². The highest BCUT2D eigenvalue weighted by Gasteiger charge is 2.30. The number of hydrogen-bond acceptors (Lipinski definition) is 3. The molecule has 3 nitrogen and oxygen atoms in total. The van der Waals surface area contributed by atoms with Crippen LogP contribution in [-0.2, 0) is 9.53 Å². The number of hydrogen-bond donors (Lipinski definition) is 1. The van der Waals surface area contributed by atoms with E-state index in [2.05, 4.69) is 0 Å². The molecule has 0 bridgehead atoms. The molecule has 11 heavy (non-hydrogen) atoms. The molecule has 0 amide bonds. The van der Waals surface area contributed by atoms with E-state index in [1.54, 1.807) is 0 Å². The molecule has 1 aliphatic rings. The van der Waals surface area contributed by atoms with Crippen LogP contribution in [0.5, 0.6) is 0 Å². The summed E-state index contributed by atoms with van der Waals surface area (Å²) in [6.07, 6.45) is 2.01. The molecule has 1 heterocycles. The summed E-state index contributed by atoms with van der Waals surface area (Å²) in [4.78, 5) is 9.98. The summed E-state index contributed by atoms with van der Waals surface area (Å²) in [5.74, 6) is -0.636. The van der Waals surface area contributed by atoms with Crippen LogP contribution >= 0.6 is 11.8 Å². The zero-order chi connectivity index (χ0) is 8.32. The lowest BCUT2D eigenvalue weighted by molar-refractivity contribution is -0.134. The minimum absolute atomic E-state index is 0.135. The monoisotopic (exact) mass is 176 g/mol. The molecule has 1 saturated heterocycles. The second-order valence-corrected chi connectivity index (χ2v) is 4.21. The summed E-state index contributed by atoms with van der Waals surface area (Å²) in [6.45, 7) is 2.72. The van der Waals surface area contributed by atoms with E-state index < -0.39 is 5.97 Å². The van der Waals surface area contributed by atoms with E-state index in [4.69, 9.17) is 9.84 Å². The first-order valence-corrected chi connectivity index (χ1v) is 4.61. The Morgan fingerprint density at radius 1 is 1.82 bits per heavy atom. The van der Waals surface area contributed by atoms with Gasteiger partial charge in [-0.3, -0.25) is 4.79 Å². The van der Waals surface area contributed by atoms with Gasteiger partial charge in [0.25, 0.3) is 0 Å². The van der Waals surface area contributed by atoms with E-state index in [-0.39, 0.29) is 10.7 Å². The molecule has 4 heteroatoms. The first-order chi connectivity index (χ1) is 5.12. The molecule has 0 aliphatic carbocycles. The molecule has 0 spiro atoms. The minimum atomic E-state index is -0.772. The molecule has 0 radical (unpaired) electrons. The Bertz CT molecular complexity index is 152. The van der Waals surface area contributed by atoms with Crippen molar-refractivity contribution in [3.05, 3.63) is 0 Å². The molecule has 1 fully saturated rings. The number of thioether (sulfide) groups is 1. The summed E-state index contributed by atoms with van der Waals surface area (Å²) < 4.78 is 5.39. The molecule has 1 N–H and O–H groups in total. The van der Waals surface area contributed by atoms with Crippen molar-refractivity contribution in [2.24, 2.45) is 0 Å². The van der Waals surface area contributed by atoms with Gasteiger partial charge in [0.15, 0.2) is 0 Å². The number of carbonyl (C=O) groups is 1. The number of carboxylic acid groups (broad SMARTS) is 1. The first kappa shape index (κ1) is 8.87. The maximum absolute atomic E-state index is 10.2. The normalized spacial score (nSPS) is 30.6. The molecule has 1 unspecified atom stereocenters. The van der Waals surface area contributed by atoms with E-state index in [9.17, 15) is 4.79 Å². The third-order valence-corrected chi connectivity index (χ3v) is 3.01. The van der Waals surface area contributed by atoms with Crippen molar-refractivity contribution in [1.82, 2.24) is 0 Å². The number of carboxylic acids is 1. The smallest absolute Gasteiger partial charge is 0.313 e. The lowest BCUT2D eigenvalue weighted by Gasteiger charge is -2.20. The van der Waals surface area contributed by atoms with Crippen LogP contribution in [0.15, 0.2) is 0 Å². The van der Waals surface area contributed by atoms with Crippen LogP contribution in [-0.4, -0.2) is 28.4 Å². The summed E-state index contributed by atoms with van der Waals surface area (Å²) in [5.41, 5.74) is 0. The van der Waals surface area contributed by atoms with Gasteiger partial charge in [0.1, 0.15) is 4.93 Å². The lowest BCUT2D eigenvalue weighted by atomic mass is 10.3. The quantitative estimate of drug-likeness (QED) is 0.704. The fourth-order valence-electron chi connectivity index (χ4n) is 1.08. The summed E-state index contributed by atoms with van der Waals surface area (Å²) in [6, 6.07) is 0. The van der Waals surface area contributed by atoms with E-state index in [0.717, 1.165) is 19.4 Å². The molecule has 1 atom stereocenters. The maximum atomic E-state index is 10.2. The van der Waals surface area contributed by atoms with Crippen molar-refractivity contribution in [3.8, 4) is 0 Å². The predicted octanol–water partition coefficient (Wildman–Crippen LogP) is 1.33. The molecule has 1 aliphatic heterocycles. The van der Waals surface area contributed by atoms with Gasteiger partial charge < -0.3 is 9.84 Å². The van der Waals surface area contributed by atoms with Gasteiger partial charge in [-0.05, 0) is 19.8 Å². The van der Waals surface area contributed by atoms with Crippen molar-refractivity contribution in [2.45, 2.75) is 24.7 Å². The van der Waals surface area contributed by atoms with E-state index in [1.165, 1.54) is 11.8 Å². The van der Waals surface area contributed by atoms with Crippen LogP contribution in [0.2, 0.25) is 0 Å². The molecule has 0 aromatic heterocycles. The van der Waals surface area contributed by atoms with Crippen LogP contribution in [0.25, 0.3) is 0 Å². The SMILES string of the molecule is CC1(SCC(=O)O)CCCO1. The van der Waals surface area contributed by atoms with Crippen LogP contribution < -0.4 is 0 Å². The zero-order valence-corrected chi connectivity index (χ0v) is 7.32. The fourth-order valence-corrected chi connectivity index (χ4v) is 1.97. The fraction of sp³-hybridized carbons (Fsp3) is 0.857. The second kappa shape index (κ2) is 3.45. The van der Waals surface area contributed by atoms with E-state index >= 15 is 0 Å². The Morgan fingerprint density at radius 3 is 3.00 bits per heavy atom. The van der Waals surface area contributed by atoms with Crippen molar-refractivity contribution in [2.75, 3.05) is 12.4 Å². The zero-order valence-electron chi connectivity index (χ0n) is 6.50. The van der Waals surface area contributed by atoms with Crippen molar-refractivity contribution in [1.29, 1.82) is 0 Å². The Kier molecular flexibility index (Phi) is 2.78. The highest BCUT2D eigenvalue weighted by atomic mass is 32.2. The number of aliphatic carboxylic acids is 1. The molecule has 0 saturated carbocycles. The van der Waals surface area contributed by atoms with Gasteiger partial charge in [0, 0.05) is 6.61 Å². The third-order valence-electron chi connectivity index (χ3n) is 1.68. The molecule has 0 aromatic carbocycles. The van der Waals surface area contributed by atoms with E-state index in [1.807, 2.05) is 6.92 Å². The Morgan fingerprint density at radius 2 is 2.55 bits per heavy atom. The molecular formula is C7H12O3S.